The fraction of sp³-hybridized carbons (Fsp3) is 1.00. The third kappa shape index (κ3) is 3.23. The molecular weight excluding hydrogens is 210 g/mol. The highest BCUT2D eigenvalue weighted by molar-refractivity contribution is 4.98. The predicted octanol–water partition coefficient (Wildman–Crippen LogP) is 3.10. The van der Waals surface area contributed by atoms with Crippen LogP contribution in [0.5, 0.6) is 0 Å². The first-order valence-corrected chi connectivity index (χ1v) is 7.43. The maximum absolute atomic E-state index is 10.6. The van der Waals surface area contributed by atoms with Gasteiger partial charge in [0.05, 0.1) is 5.60 Å². The predicted molar refractivity (Wildman–Crippen MR) is 72.0 cm³/mol. The van der Waals surface area contributed by atoms with Crippen LogP contribution in [-0.2, 0) is 0 Å². The largest absolute Gasteiger partial charge is 0.389 e. The van der Waals surface area contributed by atoms with Crippen molar-refractivity contribution in [3.63, 3.8) is 0 Å². The van der Waals surface area contributed by atoms with Gasteiger partial charge in [-0.15, -0.1) is 0 Å². The Hall–Kier alpha value is -0.0800. The fourth-order valence-corrected chi connectivity index (χ4v) is 3.02. The van der Waals surface area contributed by atoms with Gasteiger partial charge in [0.25, 0.3) is 0 Å². The molecule has 1 unspecified atom stereocenters. The van der Waals surface area contributed by atoms with Crippen molar-refractivity contribution in [2.45, 2.75) is 77.4 Å². The minimum absolute atomic E-state index is 0.425. The Morgan fingerprint density at radius 2 is 1.82 bits per heavy atom. The van der Waals surface area contributed by atoms with Gasteiger partial charge in [0, 0.05) is 12.6 Å². The molecule has 17 heavy (non-hydrogen) atoms. The molecule has 2 saturated carbocycles. The van der Waals surface area contributed by atoms with Crippen LogP contribution < -0.4 is 5.32 Å². The molecule has 0 aromatic rings. The Labute approximate surface area is 106 Å². The highest BCUT2D eigenvalue weighted by Gasteiger charge is 2.43. The lowest BCUT2D eigenvalue weighted by molar-refractivity contribution is -0.0117. The second-order valence-electron chi connectivity index (χ2n) is 6.83. The van der Waals surface area contributed by atoms with Crippen LogP contribution in [0.1, 0.15) is 65.7 Å². The molecule has 0 saturated heterocycles. The molecule has 100 valence electrons. The molecule has 2 nitrogen and oxygen atoms in total. The first-order chi connectivity index (χ1) is 7.97. The van der Waals surface area contributed by atoms with Gasteiger partial charge < -0.3 is 10.4 Å². The summed E-state index contributed by atoms with van der Waals surface area (Å²) in [7, 11) is 0. The van der Waals surface area contributed by atoms with Gasteiger partial charge >= 0.3 is 0 Å². The molecule has 2 aliphatic carbocycles. The second-order valence-corrected chi connectivity index (χ2v) is 6.83. The highest BCUT2D eigenvalue weighted by atomic mass is 16.3. The van der Waals surface area contributed by atoms with Crippen LogP contribution in [0.3, 0.4) is 0 Å². The van der Waals surface area contributed by atoms with Crippen molar-refractivity contribution < 1.29 is 5.11 Å². The van der Waals surface area contributed by atoms with E-state index in [9.17, 15) is 5.11 Å². The Balaban J connectivity index is 1.75. The molecule has 0 bridgehead atoms. The van der Waals surface area contributed by atoms with E-state index in [0.29, 0.717) is 11.5 Å². The molecule has 2 N–H and O–H groups in total. The van der Waals surface area contributed by atoms with Crippen molar-refractivity contribution in [1.29, 1.82) is 0 Å². The summed E-state index contributed by atoms with van der Waals surface area (Å²) >= 11 is 0. The van der Waals surface area contributed by atoms with Gasteiger partial charge in [-0.3, -0.25) is 0 Å². The molecule has 2 aliphatic rings. The molecular formula is C15H29NO. The quantitative estimate of drug-likeness (QED) is 0.772. The van der Waals surface area contributed by atoms with E-state index in [-0.39, 0.29) is 0 Å². The molecule has 0 aliphatic heterocycles. The molecule has 2 fully saturated rings. The van der Waals surface area contributed by atoms with Crippen molar-refractivity contribution in [1.82, 2.24) is 5.32 Å². The van der Waals surface area contributed by atoms with Crippen LogP contribution in [-0.4, -0.2) is 23.3 Å². The molecule has 0 amide bonds. The molecule has 1 atom stereocenters. The van der Waals surface area contributed by atoms with E-state index in [2.05, 4.69) is 26.1 Å². The normalized spacial score (nSPS) is 37.8. The number of aliphatic hydroxyl groups is 1. The van der Waals surface area contributed by atoms with Crippen LogP contribution in [0.15, 0.2) is 0 Å². The van der Waals surface area contributed by atoms with Crippen molar-refractivity contribution in [3.05, 3.63) is 0 Å². The Kier molecular flexibility index (Phi) is 3.84. The lowest BCUT2D eigenvalue weighted by Crippen LogP contribution is -2.47. The van der Waals surface area contributed by atoms with Gasteiger partial charge in [0.1, 0.15) is 0 Å². The van der Waals surface area contributed by atoms with Crippen molar-refractivity contribution in [2.75, 3.05) is 6.54 Å². The van der Waals surface area contributed by atoms with Gasteiger partial charge in [-0.2, -0.15) is 0 Å². The van der Waals surface area contributed by atoms with E-state index in [0.717, 1.165) is 25.3 Å². The Morgan fingerprint density at radius 3 is 2.29 bits per heavy atom. The summed E-state index contributed by atoms with van der Waals surface area (Å²) in [6.45, 7) is 7.68. The van der Waals surface area contributed by atoms with E-state index in [1.165, 1.54) is 32.1 Å². The molecule has 2 heteroatoms. The van der Waals surface area contributed by atoms with E-state index in [1.807, 2.05) is 0 Å². The number of nitrogens with one attached hydrogen (secondary N) is 1. The van der Waals surface area contributed by atoms with Gasteiger partial charge in [0.2, 0.25) is 0 Å². The lowest BCUT2D eigenvalue weighted by Gasteiger charge is -2.37. The zero-order chi connectivity index (χ0) is 12.5. The number of rotatable bonds is 5. The summed E-state index contributed by atoms with van der Waals surface area (Å²) < 4.78 is 0. The molecule has 0 spiro atoms. The van der Waals surface area contributed by atoms with Crippen LogP contribution in [0, 0.1) is 11.3 Å². The summed E-state index contributed by atoms with van der Waals surface area (Å²) in [4.78, 5) is 0. The third-order valence-corrected chi connectivity index (χ3v) is 5.43. The SMILES string of the molecule is CCC1CCC(O)(CNC(C)C2(C)CC2)CC1. The van der Waals surface area contributed by atoms with Crippen LogP contribution >= 0.6 is 0 Å². The Bertz CT molecular complexity index is 252. The minimum atomic E-state index is -0.425. The lowest BCUT2D eigenvalue weighted by atomic mass is 9.77. The van der Waals surface area contributed by atoms with Crippen LogP contribution in [0.4, 0.5) is 0 Å². The topological polar surface area (TPSA) is 32.3 Å². The zero-order valence-electron chi connectivity index (χ0n) is 11.8. The monoisotopic (exact) mass is 239 g/mol. The molecule has 0 heterocycles. The van der Waals surface area contributed by atoms with Crippen molar-refractivity contribution >= 4 is 0 Å². The van der Waals surface area contributed by atoms with E-state index < -0.39 is 5.60 Å². The summed E-state index contributed by atoms with van der Waals surface area (Å²) in [5, 5.41) is 14.1. The number of hydrogen-bond acceptors (Lipinski definition) is 2. The van der Waals surface area contributed by atoms with Gasteiger partial charge in [-0.1, -0.05) is 20.3 Å². The average molecular weight is 239 g/mol. The van der Waals surface area contributed by atoms with Gasteiger partial charge in [0.15, 0.2) is 0 Å². The van der Waals surface area contributed by atoms with E-state index >= 15 is 0 Å². The molecule has 2 rings (SSSR count). The summed E-state index contributed by atoms with van der Waals surface area (Å²) in [5.74, 6) is 0.855. The summed E-state index contributed by atoms with van der Waals surface area (Å²) in [6.07, 6.45) is 8.36. The van der Waals surface area contributed by atoms with Gasteiger partial charge in [-0.25, -0.2) is 0 Å². The summed E-state index contributed by atoms with van der Waals surface area (Å²) in [6, 6.07) is 0.551. The maximum Gasteiger partial charge on any atom is 0.0771 e. The molecule has 0 aromatic carbocycles. The van der Waals surface area contributed by atoms with Crippen molar-refractivity contribution in [3.8, 4) is 0 Å². The van der Waals surface area contributed by atoms with Crippen LogP contribution in [0.25, 0.3) is 0 Å². The summed E-state index contributed by atoms with van der Waals surface area (Å²) in [5.41, 5.74) is 0.0855. The van der Waals surface area contributed by atoms with E-state index in [1.54, 1.807) is 0 Å². The fourth-order valence-electron chi connectivity index (χ4n) is 3.02. The standard InChI is InChI=1S/C15H29NO/c1-4-13-5-7-15(17,8-6-13)11-16-12(2)14(3)9-10-14/h12-13,16-17H,4-11H2,1-3H3. The average Bonchev–Trinajstić information content (AvgIpc) is 3.07. The number of hydrogen-bond donors (Lipinski definition) is 2. The smallest absolute Gasteiger partial charge is 0.0771 e. The van der Waals surface area contributed by atoms with Crippen LogP contribution in [0.2, 0.25) is 0 Å². The minimum Gasteiger partial charge on any atom is -0.389 e. The van der Waals surface area contributed by atoms with Crippen molar-refractivity contribution in [2.24, 2.45) is 11.3 Å². The van der Waals surface area contributed by atoms with E-state index in [4.69, 9.17) is 0 Å². The Morgan fingerprint density at radius 1 is 1.24 bits per heavy atom. The molecule has 0 radical (unpaired) electrons. The van der Waals surface area contributed by atoms with Gasteiger partial charge in [-0.05, 0) is 56.8 Å². The maximum atomic E-state index is 10.6. The highest BCUT2D eigenvalue weighted by Crippen LogP contribution is 2.48. The molecule has 0 aromatic heterocycles. The first-order valence-electron chi connectivity index (χ1n) is 7.43. The second kappa shape index (κ2) is 4.89. The zero-order valence-corrected chi connectivity index (χ0v) is 11.8. The third-order valence-electron chi connectivity index (χ3n) is 5.43. The first kappa shape index (κ1) is 13.4.